The van der Waals surface area contributed by atoms with Gasteiger partial charge in [-0.2, -0.15) is 0 Å². The van der Waals surface area contributed by atoms with E-state index >= 15 is 0 Å². The summed E-state index contributed by atoms with van der Waals surface area (Å²) in [6, 6.07) is 18.2. The van der Waals surface area contributed by atoms with E-state index in [1.165, 1.54) is 0 Å². The fourth-order valence-corrected chi connectivity index (χ4v) is 4.23. The van der Waals surface area contributed by atoms with E-state index in [2.05, 4.69) is 50.0 Å². The molecule has 0 saturated carbocycles. The third kappa shape index (κ3) is 6.10. The Morgan fingerprint density at radius 2 is 1.89 bits per heavy atom. The van der Waals surface area contributed by atoms with Crippen LogP contribution in [-0.4, -0.2) is 17.6 Å². The van der Waals surface area contributed by atoms with Gasteiger partial charge < -0.3 is 13.9 Å². The molecule has 0 aliphatic heterocycles. The van der Waals surface area contributed by atoms with Crippen molar-refractivity contribution in [1.82, 2.24) is 4.98 Å². The summed E-state index contributed by atoms with van der Waals surface area (Å²) < 4.78 is 17.7. The number of aromatic nitrogens is 1. The van der Waals surface area contributed by atoms with E-state index in [1.807, 2.05) is 43.5 Å². The largest absolute Gasteiger partial charge is 0.489 e. The van der Waals surface area contributed by atoms with Gasteiger partial charge in [-0.3, -0.25) is 9.78 Å². The van der Waals surface area contributed by atoms with Crippen LogP contribution in [0.15, 0.2) is 65.2 Å². The number of furan rings is 1. The van der Waals surface area contributed by atoms with Gasteiger partial charge in [-0.15, -0.1) is 0 Å². The van der Waals surface area contributed by atoms with Crippen molar-refractivity contribution in [2.45, 2.75) is 53.6 Å². The van der Waals surface area contributed by atoms with Crippen molar-refractivity contribution in [3.63, 3.8) is 0 Å². The SMILES string of the molecule is CCOC(=O)Cc1ccccc1OCc1cc(-c2ccnc(CC)c2)c2oc(CC(C)C)cc2c1. The number of rotatable bonds is 10. The van der Waals surface area contributed by atoms with E-state index in [9.17, 15) is 4.79 Å². The molecule has 2 aromatic carbocycles. The minimum Gasteiger partial charge on any atom is -0.489 e. The van der Waals surface area contributed by atoms with Crippen LogP contribution in [0.5, 0.6) is 5.75 Å². The monoisotopic (exact) mass is 471 g/mol. The third-order valence-electron chi connectivity index (χ3n) is 5.83. The van der Waals surface area contributed by atoms with Crippen LogP contribution in [0.2, 0.25) is 0 Å². The molecule has 0 aliphatic carbocycles. The Kier molecular flexibility index (Phi) is 7.86. The Morgan fingerprint density at radius 1 is 1.06 bits per heavy atom. The lowest BCUT2D eigenvalue weighted by Gasteiger charge is -2.13. The number of fused-ring (bicyclic) bond motifs is 1. The van der Waals surface area contributed by atoms with E-state index in [4.69, 9.17) is 13.9 Å². The average Bonchev–Trinajstić information content (AvgIpc) is 3.24. The number of carbonyl (C=O) groups is 1. The second-order valence-electron chi connectivity index (χ2n) is 9.14. The molecule has 0 fully saturated rings. The maximum atomic E-state index is 12.0. The first kappa shape index (κ1) is 24.5. The van der Waals surface area contributed by atoms with Crippen molar-refractivity contribution in [2.24, 2.45) is 5.92 Å². The lowest BCUT2D eigenvalue weighted by Crippen LogP contribution is -2.09. The Bertz CT molecular complexity index is 1300. The van der Waals surface area contributed by atoms with Crippen LogP contribution in [0.4, 0.5) is 0 Å². The summed E-state index contributed by atoms with van der Waals surface area (Å²) in [7, 11) is 0. The van der Waals surface area contributed by atoms with Crippen LogP contribution in [0.1, 0.15) is 50.3 Å². The Balaban J connectivity index is 1.68. The van der Waals surface area contributed by atoms with Gasteiger partial charge in [0.25, 0.3) is 0 Å². The first-order valence-electron chi connectivity index (χ1n) is 12.3. The third-order valence-corrected chi connectivity index (χ3v) is 5.83. The summed E-state index contributed by atoms with van der Waals surface area (Å²) in [4.78, 5) is 16.5. The maximum absolute atomic E-state index is 12.0. The topological polar surface area (TPSA) is 61.6 Å². The Hall–Kier alpha value is -3.60. The predicted octanol–water partition coefficient (Wildman–Crippen LogP) is 6.94. The number of ether oxygens (including phenoxy) is 2. The first-order chi connectivity index (χ1) is 17.0. The van der Waals surface area contributed by atoms with Crippen LogP contribution >= 0.6 is 0 Å². The van der Waals surface area contributed by atoms with Crippen molar-refractivity contribution in [3.8, 4) is 16.9 Å². The Labute approximate surface area is 207 Å². The summed E-state index contributed by atoms with van der Waals surface area (Å²) in [6.07, 6.45) is 3.80. The van der Waals surface area contributed by atoms with E-state index in [1.54, 1.807) is 0 Å². The molecule has 0 unspecified atom stereocenters. The van der Waals surface area contributed by atoms with Gasteiger partial charge in [0.05, 0.1) is 13.0 Å². The summed E-state index contributed by atoms with van der Waals surface area (Å²) in [5.41, 5.74) is 5.89. The van der Waals surface area contributed by atoms with Crippen molar-refractivity contribution in [1.29, 1.82) is 0 Å². The van der Waals surface area contributed by atoms with Crippen molar-refractivity contribution >= 4 is 16.9 Å². The second-order valence-corrected chi connectivity index (χ2v) is 9.14. The summed E-state index contributed by atoms with van der Waals surface area (Å²) in [5, 5.41) is 1.06. The number of carbonyl (C=O) groups excluding carboxylic acids is 1. The normalized spacial score (nSPS) is 11.2. The lowest BCUT2D eigenvalue weighted by atomic mass is 10.00. The number of pyridine rings is 1. The van der Waals surface area contributed by atoms with Crippen LogP contribution < -0.4 is 4.74 Å². The minimum atomic E-state index is -0.257. The molecular formula is C30H33NO4. The van der Waals surface area contributed by atoms with Crippen molar-refractivity contribution < 1.29 is 18.7 Å². The number of hydrogen-bond donors (Lipinski definition) is 0. The smallest absolute Gasteiger partial charge is 0.310 e. The molecule has 0 aliphatic rings. The summed E-state index contributed by atoms with van der Waals surface area (Å²) in [6.45, 7) is 9.03. The highest BCUT2D eigenvalue weighted by Gasteiger charge is 2.15. The van der Waals surface area contributed by atoms with E-state index in [0.29, 0.717) is 24.9 Å². The molecule has 0 saturated heterocycles. The zero-order valence-electron chi connectivity index (χ0n) is 21.0. The molecule has 4 rings (SSSR count). The highest BCUT2D eigenvalue weighted by atomic mass is 16.5. The average molecular weight is 472 g/mol. The molecule has 0 spiro atoms. The molecule has 0 atom stereocenters. The molecule has 0 amide bonds. The van der Waals surface area contributed by atoms with Gasteiger partial charge in [0.15, 0.2) is 0 Å². The van der Waals surface area contributed by atoms with Gasteiger partial charge in [0.2, 0.25) is 0 Å². The van der Waals surface area contributed by atoms with Crippen LogP contribution in [0.25, 0.3) is 22.1 Å². The van der Waals surface area contributed by atoms with Crippen molar-refractivity contribution in [3.05, 3.63) is 83.4 Å². The zero-order valence-corrected chi connectivity index (χ0v) is 21.0. The van der Waals surface area contributed by atoms with Crippen LogP contribution in [0.3, 0.4) is 0 Å². The van der Waals surface area contributed by atoms with Crippen LogP contribution in [0, 0.1) is 5.92 Å². The van der Waals surface area contributed by atoms with Crippen LogP contribution in [-0.2, 0) is 35.4 Å². The van der Waals surface area contributed by atoms with Gasteiger partial charge in [-0.25, -0.2) is 0 Å². The van der Waals surface area contributed by atoms with E-state index < -0.39 is 0 Å². The highest BCUT2D eigenvalue weighted by Crippen LogP contribution is 2.34. The molecule has 0 bridgehead atoms. The molecule has 4 aromatic rings. The number of hydrogen-bond acceptors (Lipinski definition) is 5. The molecule has 5 nitrogen and oxygen atoms in total. The molecular weight excluding hydrogens is 438 g/mol. The second kappa shape index (κ2) is 11.2. The molecule has 2 heterocycles. The summed E-state index contributed by atoms with van der Waals surface area (Å²) in [5.74, 6) is 1.92. The number of aryl methyl sites for hydroxylation is 1. The maximum Gasteiger partial charge on any atom is 0.310 e. The van der Waals surface area contributed by atoms with E-state index in [0.717, 1.165) is 57.5 Å². The number of esters is 1. The molecule has 5 heteroatoms. The number of para-hydroxylation sites is 1. The summed E-state index contributed by atoms with van der Waals surface area (Å²) >= 11 is 0. The van der Waals surface area contributed by atoms with Gasteiger partial charge in [0, 0.05) is 34.8 Å². The molecule has 2 aromatic heterocycles. The molecule has 35 heavy (non-hydrogen) atoms. The minimum absolute atomic E-state index is 0.186. The predicted molar refractivity (Wildman–Crippen MR) is 138 cm³/mol. The van der Waals surface area contributed by atoms with E-state index in [-0.39, 0.29) is 12.4 Å². The fourth-order valence-electron chi connectivity index (χ4n) is 4.23. The quantitative estimate of drug-likeness (QED) is 0.234. The Morgan fingerprint density at radius 3 is 2.66 bits per heavy atom. The van der Waals surface area contributed by atoms with Gasteiger partial charge in [-0.1, -0.05) is 39.0 Å². The molecule has 0 radical (unpaired) electrons. The molecule has 182 valence electrons. The molecule has 0 N–H and O–H groups in total. The van der Waals surface area contributed by atoms with Gasteiger partial charge in [-0.05, 0) is 66.8 Å². The number of benzene rings is 2. The highest BCUT2D eigenvalue weighted by molar-refractivity contribution is 5.93. The fraction of sp³-hybridized carbons (Fsp3) is 0.333. The standard InChI is InChI=1S/C30H33NO4/c1-5-25-16-22(11-12-31-25)27-15-21(14-24-17-26(13-20(3)4)35-30(24)27)19-34-28-10-8-7-9-23(28)18-29(32)33-6-2/h7-12,14-17,20H,5-6,13,18-19H2,1-4H3. The van der Waals surface area contributed by atoms with Crippen molar-refractivity contribution in [2.75, 3.05) is 6.61 Å². The lowest BCUT2D eigenvalue weighted by molar-refractivity contribution is -0.142. The van der Waals surface area contributed by atoms with Gasteiger partial charge in [0.1, 0.15) is 23.7 Å². The first-order valence-corrected chi connectivity index (χ1v) is 12.3. The van der Waals surface area contributed by atoms with Gasteiger partial charge >= 0.3 is 5.97 Å². The number of nitrogens with zero attached hydrogens (tertiary/aromatic N) is 1. The zero-order chi connectivity index (χ0) is 24.8.